The highest BCUT2D eigenvalue weighted by Crippen LogP contribution is 2.29. The molecular weight excluding hydrogens is 252 g/mol. The highest BCUT2D eigenvalue weighted by atomic mass is 16.5. The molecule has 2 heterocycles. The fourth-order valence-electron chi connectivity index (χ4n) is 2.45. The SMILES string of the molecule is CCCOc1cc(N2CCn3ccnc3C2)ccc1N. The maximum atomic E-state index is 5.96. The average Bonchev–Trinajstić information content (AvgIpc) is 2.94. The van der Waals surface area contributed by atoms with E-state index in [1.54, 1.807) is 0 Å². The lowest BCUT2D eigenvalue weighted by Crippen LogP contribution is -2.33. The van der Waals surface area contributed by atoms with Gasteiger partial charge in [0.15, 0.2) is 0 Å². The van der Waals surface area contributed by atoms with Gasteiger partial charge in [-0.15, -0.1) is 0 Å². The second-order valence-electron chi connectivity index (χ2n) is 5.03. The van der Waals surface area contributed by atoms with E-state index >= 15 is 0 Å². The van der Waals surface area contributed by atoms with E-state index in [2.05, 4.69) is 21.4 Å². The average molecular weight is 272 g/mol. The fraction of sp³-hybridized carbons (Fsp3) is 0.400. The lowest BCUT2D eigenvalue weighted by molar-refractivity contribution is 0.319. The van der Waals surface area contributed by atoms with E-state index in [0.29, 0.717) is 12.3 Å². The maximum absolute atomic E-state index is 5.96. The molecule has 1 aromatic carbocycles. The molecule has 0 spiro atoms. The van der Waals surface area contributed by atoms with Crippen molar-refractivity contribution in [1.82, 2.24) is 9.55 Å². The van der Waals surface area contributed by atoms with E-state index in [0.717, 1.165) is 43.3 Å². The molecule has 1 aliphatic rings. The summed E-state index contributed by atoms with van der Waals surface area (Å²) in [7, 11) is 0. The molecule has 2 aromatic rings. The number of ether oxygens (including phenoxy) is 1. The zero-order valence-electron chi connectivity index (χ0n) is 11.7. The van der Waals surface area contributed by atoms with Crippen LogP contribution in [-0.4, -0.2) is 22.7 Å². The number of imidazole rings is 1. The topological polar surface area (TPSA) is 56.3 Å². The zero-order chi connectivity index (χ0) is 13.9. The number of anilines is 2. The Hall–Kier alpha value is -2.17. The van der Waals surface area contributed by atoms with Gasteiger partial charge in [0.05, 0.1) is 18.8 Å². The van der Waals surface area contributed by atoms with E-state index in [1.807, 2.05) is 30.6 Å². The normalized spacial score (nSPS) is 14.2. The smallest absolute Gasteiger partial charge is 0.144 e. The molecule has 5 nitrogen and oxygen atoms in total. The molecular formula is C15H20N4O. The van der Waals surface area contributed by atoms with Crippen LogP contribution in [0.2, 0.25) is 0 Å². The van der Waals surface area contributed by atoms with Crippen molar-refractivity contribution in [2.75, 3.05) is 23.8 Å². The zero-order valence-corrected chi connectivity index (χ0v) is 11.7. The Bertz CT molecular complexity index is 593. The van der Waals surface area contributed by atoms with Crippen molar-refractivity contribution in [3.8, 4) is 5.75 Å². The number of benzene rings is 1. The largest absolute Gasteiger partial charge is 0.491 e. The first-order valence-electron chi connectivity index (χ1n) is 7.05. The van der Waals surface area contributed by atoms with Gasteiger partial charge < -0.3 is 19.9 Å². The quantitative estimate of drug-likeness (QED) is 0.868. The Kier molecular flexibility index (Phi) is 3.50. The Morgan fingerprint density at radius 2 is 2.25 bits per heavy atom. The lowest BCUT2D eigenvalue weighted by Gasteiger charge is -2.30. The predicted octanol–water partition coefficient (Wildman–Crippen LogP) is 2.27. The van der Waals surface area contributed by atoms with Gasteiger partial charge in [-0.2, -0.15) is 0 Å². The van der Waals surface area contributed by atoms with Gasteiger partial charge in [0.25, 0.3) is 0 Å². The molecule has 0 amide bonds. The fourth-order valence-corrected chi connectivity index (χ4v) is 2.45. The summed E-state index contributed by atoms with van der Waals surface area (Å²) in [6, 6.07) is 6.00. The predicted molar refractivity (Wildman–Crippen MR) is 79.9 cm³/mol. The molecule has 5 heteroatoms. The minimum absolute atomic E-state index is 0.693. The molecule has 3 rings (SSSR count). The summed E-state index contributed by atoms with van der Waals surface area (Å²) < 4.78 is 7.90. The summed E-state index contributed by atoms with van der Waals surface area (Å²) in [6.07, 6.45) is 4.87. The highest BCUT2D eigenvalue weighted by Gasteiger charge is 2.17. The molecule has 106 valence electrons. The molecule has 1 aromatic heterocycles. The Labute approximate surface area is 119 Å². The lowest BCUT2D eigenvalue weighted by atomic mass is 10.2. The third kappa shape index (κ3) is 2.43. The van der Waals surface area contributed by atoms with Crippen LogP contribution in [0.5, 0.6) is 5.75 Å². The molecule has 0 fully saturated rings. The standard InChI is InChI=1S/C15H20N4O/c1-2-9-20-14-10-12(3-4-13(14)16)19-8-7-18-6-5-17-15(18)11-19/h3-6,10H,2,7-9,11,16H2,1H3. The van der Waals surface area contributed by atoms with Crippen molar-refractivity contribution in [1.29, 1.82) is 0 Å². The summed E-state index contributed by atoms with van der Waals surface area (Å²) in [5.74, 6) is 1.88. The first-order chi connectivity index (χ1) is 9.78. The number of hydrogen-bond donors (Lipinski definition) is 1. The summed E-state index contributed by atoms with van der Waals surface area (Å²) in [4.78, 5) is 6.69. The van der Waals surface area contributed by atoms with Gasteiger partial charge >= 0.3 is 0 Å². The van der Waals surface area contributed by atoms with Crippen LogP contribution in [0.3, 0.4) is 0 Å². The second kappa shape index (κ2) is 5.45. The van der Waals surface area contributed by atoms with Gasteiger partial charge in [-0.1, -0.05) is 6.92 Å². The number of nitrogens with two attached hydrogens (primary N) is 1. The van der Waals surface area contributed by atoms with E-state index < -0.39 is 0 Å². The van der Waals surface area contributed by atoms with Gasteiger partial charge in [0.1, 0.15) is 11.6 Å². The van der Waals surface area contributed by atoms with Crippen LogP contribution >= 0.6 is 0 Å². The summed E-state index contributed by atoms with van der Waals surface area (Å²) >= 11 is 0. The van der Waals surface area contributed by atoms with Crippen molar-refractivity contribution in [2.24, 2.45) is 0 Å². The van der Waals surface area contributed by atoms with Gasteiger partial charge in [-0.3, -0.25) is 0 Å². The molecule has 20 heavy (non-hydrogen) atoms. The van der Waals surface area contributed by atoms with Crippen LogP contribution in [0.1, 0.15) is 19.2 Å². The minimum Gasteiger partial charge on any atom is -0.491 e. The first-order valence-corrected chi connectivity index (χ1v) is 7.05. The maximum Gasteiger partial charge on any atom is 0.144 e. The number of rotatable bonds is 4. The van der Waals surface area contributed by atoms with Crippen LogP contribution in [0.25, 0.3) is 0 Å². The van der Waals surface area contributed by atoms with Crippen LogP contribution in [0.15, 0.2) is 30.6 Å². The third-order valence-corrected chi connectivity index (χ3v) is 3.57. The molecule has 0 radical (unpaired) electrons. The van der Waals surface area contributed by atoms with Crippen molar-refractivity contribution in [3.63, 3.8) is 0 Å². The molecule has 0 saturated carbocycles. The van der Waals surface area contributed by atoms with Gasteiger partial charge in [0, 0.05) is 37.2 Å². The van der Waals surface area contributed by atoms with E-state index in [1.165, 1.54) is 0 Å². The van der Waals surface area contributed by atoms with Crippen molar-refractivity contribution < 1.29 is 4.74 Å². The molecule has 0 saturated heterocycles. The number of hydrogen-bond acceptors (Lipinski definition) is 4. The molecule has 2 N–H and O–H groups in total. The molecule has 1 aliphatic heterocycles. The molecule has 0 atom stereocenters. The Balaban J connectivity index is 1.80. The molecule has 0 unspecified atom stereocenters. The summed E-state index contributed by atoms with van der Waals surface area (Å²) in [5, 5.41) is 0. The Morgan fingerprint density at radius 3 is 3.10 bits per heavy atom. The van der Waals surface area contributed by atoms with Gasteiger partial charge in [0.2, 0.25) is 0 Å². The third-order valence-electron chi connectivity index (χ3n) is 3.57. The number of fused-ring (bicyclic) bond motifs is 1. The summed E-state index contributed by atoms with van der Waals surface area (Å²) in [6.45, 7) is 5.54. The van der Waals surface area contributed by atoms with E-state index in [9.17, 15) is 0 Å². The number of nitrogens with zero attached hydrogens (tertiary/aromatic N) is 3. The Morgan fingerprint density at radius 1 is 1.35 bits per heavy atom. The van der Waals surface area contributed by atoms with Crippen LogP contribution < -0.4 is 15.4 Å². The van der Waals surface area contributed by atoms with Gasteiger partial charge in [-0.25, -0.2) is 4.98 Å². The minimum atomic E-state index is 0.693. The second-order valence-corrected chi connectivity index (χ2v) is 5.03. The summed E-state index contributed by atoms with van der Waals surface area (Å²) in [5.41, 5.74) is 7.79. The number of aromatic nitrogens is 2. The van der Waals surface area contributed by atoms with Crippen molar-refractivity contribution >= 4 is 11.4 Å². The van der Waals surface area contributed by atoms with Crippen molar-refractivity contribution in [3.05, 3.63) is 36.4 Å². The first kappa shape index (κ1) is 12.8. The van der Waals surface area contributed by atoms with E-state index in [-0.39, 0.29) is 0 Å². The van der Waals surface area contributed by atoms with Crippen LogP contribution in [-0.2, 0) is 13.1 Å². The monoisotopic (exact) mass is 272 g/mol. The van der Waals surface area contributed by atoms with Crippen LogP contribution in [0.4, 0.5) is 11.4 Å². The highest BCUT2D eigenvalue weighted by molar-refractivity contribution is 5.62. The van der Waals surface area contributed by atoms with E-state index in [4.69, 9.17) is 10.5 Å². The molecule has 0 aliphatic carbocycles. The van der Waals surface area contributed by atoms with Crippen molar-refractivity contribution in [2.45, 2.75) is 26.4 Å². The number of nitrogen functional groups attached to an aromatic ring is 1. The molecule has 0 bridgehead atoms. The van der Waals surface area contributed by atoms with Crippen LogP contribution in [0, 0.1) is 0 Å². The van der Waals surface area contributed by atoms with Gasteiger partial charge in [-0.05, 0) is 18.6 Å².